The zero-order chi connectivity index (χ0) is 19.1. The molecule has 0 radical (unpaired) electrons. The Morgan fingerprint density at radius 3 is 2.32 bits per heavy atom. The van der Waals surface area contributed by atoms with Crippen LogP contribution in [0.1, 0.15) is 40.9 Å². The summed E-state index contributed by atoms with van der Waals surface area (Å²) in [5.74, 6) is 0.389. The molecule has 0 saturated heterocycles. The third kappa shape index (κ3) is 3.17. The van der Waals surface area contributed by atoms with Crippen LogP contribution < -0.4 is 0 Å². The summed E-state index contributed by atoms with van der Waals surface area (Å²) in [7, 11) is 0. The Hall–Kier alpha value is -3.08. The van der Waals surface area contributed by atoms with E-state index in [0.717, 1.165) is 48.8 Å². The minimum absolute atomic E-state index is 0.136. The van der Waals surface area contributed by atoms with E-state index in [9.17, 15) is 9.90 Å². The second kappa shape index (κ2) is 6.82. The highest BCUT2D eigenvalue weighted by Gasteiger charge is 2.39. The number of aryl methyl sites for hydroxylation is 1. The topological polar surface area (TPSA) is 69.2 Å². The first-order valence-electron chi connectivity index (χ1n) is 9.92. The molecule has 1 fully saturated rings. The van der Waals surface area contributed by atoms with Gasteiger partial charge >= 0.3 is 0 Å². The van der Waals surface area contributed by atoms with Gasteiger partial charge in [0.1, 0.15) is 5.75 Å². The first-order chi connectivity index (χ1) is 13.7. The van der Waals surface area contributed by atoms with Gasteiger partial charge in [-0.1, -0.05) is 24.3 Å². The molecule has 1 unspecified atom stereocenters. The van der Waals surface area contributed by atoms with E-state index in [2.05, 4.69) is 15.1 Å². The van der Waals surface area contributed by atoms with Gasteiger partial charge in [-0.2, -0.15) is 5.10 Å². The normalized spacial score (nSPS) is 18.5. The Morgan fingerprint density at radius 2 is 1.64 bits per heavy atom. The number of phenols is 1. The number of aromatic hydroxyl groups is 1. The van der Waals surface area contributed by atoms with E-state index in [1.807, 2.05) is 42.6 Å². The Kier molecular flexibility index (Phi) is 4.15. The first-order valence-corrected chi connectivity index (χ1v) is 9.92. The molecule has 0 bridgehead atoms. The van der Waals surface area contributed by atoms with Gasteiger partial charge in [-0.05, 0) is 73.1 Å². The molecule has 1 heterocycles. The molecule has 0 spiro atoms. The molecule has 2 aromatic carbocycles. The number of fused-ring (bicyclic) bond motifs is 1. The molecular weight excluding hydrogens is 350 g/mol. The third-order valence-electron chi connectivity index (χ3n) is 5.89. The fourth-order valence-corrected chi connectivity index (χ4v) is 4.23. The molecule has 1 aromatic heterocycles. The van der Waals surface area contributed by atoms with Crippen molar-refractivity contribution < 1.29 is 9.90 Å². The number of rotatable bonds is 4. The number of benzene rings is 2. The molecule has 1 atom stereocenters. The number of carbonyl (C=O) groups excluding carboxylic acids is 1. The summed E-state index contributed by atoms with van der Waals surface area (Å²) in [6, 6.07) is 15.6. The van der Waals surface area contributed by atoms with E-state index in [0.29, 0.717) is 6.04 Å². The van der Waals surface area contributed by atoms with E-state index in [1.165, 1.54) is 11.3 Å². The van der Waals surface area contributed by atoms with Gasteiger partial charge in [0.2, 0.25) is 0 Å². The average Bonchev–Trinajstić information content (AvgIpc) is 3.44. The zero-order valence-corrected chi connectivity index (χ0v) is 15.6. The Balaban J connectivity index is 1.37. The van der Waals surface area contributed by atoms with Crippen molar-refractivity contribution in [3.63, 3.8) is 0 Å². The molecule has 142 valence electrons. The van der Waals surface area contributed by atoms with E-state index >= 15 is 0 Å². The summed E-state index contributed by atoms with van der Waals surface area (Å²) in [6.45, 7) is 0. The number of carbonyl (C=O) groups is 1. The molecule has 28 heavy (non-hydrogen) atoms. The molecule has 5 nitrogen and oxygen atoms in total. The summed E-state index contributed by atoms with van der Waals surface area (Å²) in [6.07, 6.45) is 6.95. The van der Waals surface area contributed by atoms with E-state index in [4.69, 9.17) is 0 Å². The van der Waals surface area contributed by atoms with E-state index in [-0.39, 0.29) is 17.7 Å². The van der Waals surface area contributed by atoms with Crippen molar-refractivity contribution in [2.45, 2.75) is 44.2 Å². The van der Waals surface area contributed by atoms with Crippen molar-refractivity contribution in [2.24, 2.45) is 0 Å². The monoisotopic (exact) mass is 373 g/mol. The highest BCUT2D eigenvalue weighted by Crippen LogP contribution is 2.34. The predicted molar refractivity (Wildman–Crippen MR) is 107 cm³/mol. The van der Waals surface area contributed by atoms with Crippen molar-refractivity contribution >= 4 is 5.91 Å². The summed E-state index contributed by atoms with van der Waals surface area (Å²) in [5, 5.41) is 16.7. The van der Waals surface area contributed by atoms with Gasteiger partial charge in [0.05, 0.1) is 6.20 Å². The summed E-state index contributed by atoms with van der Waals surface area (Å²) < 4.78 is 0. The van der Waals surface area contributed by atoms with Crippen LogP contribution in [0.25, 0.3) is 11.1 Å². The standard InChI is InChI=1S/C23H23N3O2/c27-21-10-5-16(6-11-21)15-1-3-17(4-2-15)23(28)26(19-7-8-19)20-9-12-22-18(13-20)14-24-25-22/h1-6,10-11,14,19-20,27H,7-9,12-13H2,(H,24,25). The van der Waals surface area contributed by atoms with Crippen molar-refractivity contribution in [3.8, 4) is 16.9 Å². The number of hydrogen-bond acceptors (Lipinski definition) is 3. The zero-order valence-electron chi connectivity index (χ0n) is 15.6. The van der Waals surface area contributed by atoms with Gasteiger partial charge in [0.15, 0.2) is 0 Å². The molecule has 0 aliphatic heterocycles. The lowest BCUT2D eigenvalue weighted by molar-refractivity contribution is 0.0643. The number of aromatic amines is 1. The van der Waals surface area contributed by atoms with Crippen LogP contribution in [-0.4, -0.2) is 38.2 Å². The molecular formula is C23H23N3O2. The van der Waals surface area contributed by atoms with Crippen LogP contribution in [0.3, 0.4) is 0 Å². The minimum atomic E-state index is 0.136. The quantitative estimate of drug-likeness (QED) is 0.728. The molecule has 5 rings (SSSR count). The highest BCUT2D eigenvalue weighted by molar-refractivity contribution is 5.95. The lowest BCUT2D eigenvalue weighted by Gasteiger charge is -2.34. The number of amides is 1. The Labute approximate surface area is 164 Å². The predicted octanol–water partition coefficient (Wildman–Crippen LogP) is 3.94. The second-order valence-electron chi connectivity index (χ2n) is 7.84. The van der Waals surface area contributed by atoms with Gasteiger partial charge in [0.25, 0.3) is 5.91 Å². The maximum Gasteiger partial charge on any atom is 0.254 e. The van der Waals surface area contributed by atoms with Crippen molar-refractivity contribution in [2.75, 3.05) is 0 Å². The van der Waals surface area contributed by atoms with Gasteiger partial charge in [0, 0.05) is 23.3 Å². The van der Waals surface area contributed by atoms with Crippen LogP contribution in [0.4, 0.5) is 0 Å². The van der Waals surface area contributed by atoms with Gasteiger partial charge in [-0.3, -0.25) is 9.89 Å². The first kappa shape index (κ1) is 17.0. The minimum Gasteiger partial charge on any atom is -0.508 e. The Bertz CT molecular complexity index is 987. The average molecular weight is 373 g/mol. The molecule has 2 aliphatic carbocycles. The number of H-pyrrole nitrogens is 1. The second-order valence-corrected chi connectivity index (χ2v) is 7.84. The number of nitrogens with zero attached hydrogens (tertiary/aromatic N) is 2. The van der Waals surface area contributed by atoms with Crippen LogP contribution in [0.2, 0.25) is 0 Å². The number of hydrogen-bond donors (Lipinski definition) is 2. The molecule has 3 aromatic rings. The molecule has 5 heteroatoms. The smallest absolute Gasteiger partial charge is 0.254 e. The van der Waals surface area contributed by atoms with Crippen LogP contribution in [0.15, 0.2) is 54.7 Å². The lowest BCUT2D eigenvalue weighted by Crippen LogP contribution is -2.44. The number of nitrogens with one attached hydrogen (secondary N) is 1. The summed E-state index contributed by atoms with van der Waals surface area (Å²) in [5.41, 5.74) is 5.27. The fraction of sp³-hybridized carbons (Fsp3) is 0.304. The van der Waals surface area contributed by atoms with Crippen LogP contribution >= 0.6 is 0 Å². The van der Waals surface area contributed by atoms with Crippen molar-refractivity contribution in [1.29, 1.82) is 0 Å². The highest BCUT2D eigenvalue weighted by atomic mass is 16.3. The van der Waals surface area contributed by atoms with Crippen molar-refractivity contribution in [1.82, 2.24) is 15.1 Å². The van der Waals surface area contributed by atoms with Gasteiger partial charge in [-0.15, -0.1) is 0 Å². The third-order valence-corrected chi connectivity index (χ3v) is 5.89. The van der Waals surface area contributed by atoms with E-state index < -0.39 is 0 Å². The molecule has 2 aliphatic rings. The lowest BCUT2D eigenvalue weighted by atomic mass is 9.91. The number of aromatic nitrogens is 2. The summed E-state index contributed by atoms with van der Waals surface area (Å²) >= 11 is 0. The molecule has 1 amide bonds. The van der Waals surface area contributed by atoms with Gasteiger partial charge in [-0.25, -0.2) is 0 Å². The Morgan fingerprint density at radius 1 is 0.964 bits per heavy atom. The molecule has 2 N–H and O–H groups in total. The number of phenolic OH excluding ortho intramolecular Hbond substituents is 1. The van der Waals surface area contributed by atoms with Crippen LogP contribution in [-0.2, 0) is 12.8 Å². The maximum atomic E-state index is 13.3. The summed E-state index contributed by atoms with van der Waals surface area (Å²) in [4.78, 5) is 15.5. The molecule has 1 saturated carbocycles. The van der Waals surface area contributed by atoms with Crippen molar-refractivity contribution in [3.05, 3.63) is 71.5 Å². The van der Waals surface area contributed by atoms with E-state index in [1.54, 1.807) is 12.1 Å². The van der Waals surface area contributed by atoms with Gasteiger partial charge < -0.3 is 10.0 Å². The maximum absolute atomic E-state index is 13.3. The SMILES string of the molecule is O=C(c1ccc(-c2ccc(O)cc2)cc1)N(C1CC1)C1CCc2[nH]ncc2C1. The largest absolute Gasteiger partial charge is 0.508 e. The van der Waals surface area contributed by atoms with Crippen LogP contribution in [0.5, 0.6) is 5.75 Å². The fourth-order valence-electron chi connectivity index (χ4n) is 4.23. The van der Waals surface area contributed by atoms with Crippen LogP contribution in [0, 0.1) is 0 Å².